The lowest BCUT2D eigenvalue weighted by atomic mass is 9.73. The summed E-state index contributed by atoms with van der Waals surface area (Å²) in [6.45, 7) is 6.27. The van der Waals surface area contributed by atoms with Gasteiger partial charge < -0.3 is 5.73 Å². The Morgan fingerprint density at radius 2 is 1.82 bits per heavy atom. The van der Waals surface area contributed by atoms with Gasteiger partial charge in [0.1, 0.15) is 5.82 Å². The predicted molar refractivity (Wildman–Crippen MR) is 161 cm³/mol. The number of rotatable bonds is 5. The van der Waals surface area contributed by atoms with Crippen molar-refractivity contribution in [2.75, 3.05) is 4.90 Å². The van der Waals surface area contributed by atoms with Gasteiger partial charge in [-0.1, -0.05) is 59.1 Å². The van der Waals surface area contributed by atoms with Crippen LogP contribution in [0.25, 0.3) is 0 Å². The molecule has 0 saturated carbocycles. The maximum absolute atomic E-state index is 13.6. The lowest BCUT2D eigenvalue weighted by Crippen LogP contribution is -2.39. The topological polar surface area (TPSA) is 70.1 Å². The highest BCUT2D eigenvalue weighted by Gasteiger charge is 2.41. The highest BCUT2D eigenvalue weighted by molar-refractivity contribution is 7.98. The summed E-state index contributed by atoms with van der Waals surface area (Å²) in [7, 11) is 0. The second-order valence-corrected chi connectivity index (χ2v) is 11.9. The number of nitrogens with zero attached hydrogens (tertiary/aromatic N) is 2. The van der Waals surface area contributed by atoms with Crippen LogP contribution >= 0.6 is 35.0 Å². The molecule has 2 N–H and O–H groups in total. The van der Waals surface area contributed by atoms with E-state index in [9.17, 15) is 10.1 Å². The Kier molecular flexibility index (Phi) is 7.82. The molecule has 1 aliphatic heterocycles. The van der Waals surface area contributed by atoms with E-state index in [4.69, 9.17) is 28.9 Å². The number of ketones is 1. The number of benzene rings is 3. The first-order valence-corrected chi connectivity index (χ1v) is 14.6. The maximum atomic E-state index is 13.6. The Balaban J connectivity index is 1.65. The SMILES string of the molecule is Cc1cc(CSc2ccccc2C)c(C)c(C2C(C#N)=C(N)N(c3ccc(Cl)c(Cl)c3)C3=C2C(=O)CCC3)c1. The number of anilines is 1. The van der Waals surface area contributed by atoms with Crippen LogP contribution in [-0.2, 0) is 10.5 Å². The molecule has 1 aliphatic carbocycles. The largest absolute Gasteiger partial charge is 0.384 e. The van der Waals surface area contributed by atoms with Crippen molar-refractivity contribution in [2.24, 2.45) is 5.73 Å². The van der Waals surface area contributed by atoms with Crippen LogP contribution in [0.4, 0.5) is 5.69 Å². The van der Waals surface area contributed by atoms with E-state index in [-0.39, 0.29) is 5.78 Å². The molecule has 1 heterocycles. The minimum absolute atomic E-state index is 0.0586. The lowest BCUT2D eigenvalue weighted by molar-refractivity contribution is -0.116. The smallest absolute Gasteiger partial charge is 0.161 e. The van der Waals surface area contributed by atoms with Crippen molar-refractivity contribution in [3.63, 3.8) is 0 Å². The first-order valence-electron chi connectivity index (χ1n) is 12.9. The van der Waals surface area contributed by atoms with Gasteiger partial charge in [0, 0.05) is 34.0 Å². The van der Waals surface area contributed by atoms with Crippen LogP contribution in [0.2, 0.25) is 10.0 Å². The van der Waals surface area contributed by atoms with Crippen LogP contribution in [-0.4, -0.2) is 5.78 Å². The molecule has 3 aromatic rings. The van der Waals surface area contributed by atoms with Crippen molar-refractivity contribution in [3.8, 4) is 6.07 Å². The first kappa shape index (κ1) is 27.4. The zero-order valence-corrected chi connectivity index (χ0v) is 24.5. The molecular formula is C32H29Cl2N3OS. The minimum atomic E-state index is -0.515. The van der Waals surface area contributed by atoms with Crippen molar-refractivity contribution in [1.82, 2.24) is 0 Å². The van der Waals surface area contributed by atoms with Gasteiger partial charge in [-0.25, -0.2) is 0 Å². The molecule has 198 valence electrons. The Hall–Kier alpha value is -3.17. The van der Waals surface area contributed by atoms with Crippen molar-refractivity contribution < 1.29 is 4.79 Å². The number of allylic oxidation sites excluding steroid dienone is 3. The third-order valence-electron chi connectivity index (χ3n) is 7.56. The predicted octanol–water partition coefficient (Wildman–Crippen LogP) is 8.52. The molecule has 0 spiro atoms. The summed E-state index contributed by atoms with van der Waals surface area (Å²) in [5.74, 6) is 0.655. The maximum Gasteiger partial charge on any atom is 0.161 e. The van der Waals surface area contributed by atoms with Gasteiger partial charge in [-0.05, 0) is 80.1 Å². The number of halogens is 2. The quantitative estimate of drug-likeness (QED) is 0.310. The summed E-state index contributed by atoms with van der Waals surface area (Å²) in [6.07, 6.45) is 1.85. The van der Waals surface area contributed by atoms with Gasteiger partial charge in [-0.2, -0.15) is 5.26 Å². The van der Waals surface area contributed by atoms with Crippen LogP contribution in [0.3, 0.4) is 0 Å². The summed E-state index contributed by atoms with van der Waals surface area (Å²) < 4.78 is 0. The number of carbonyl (C=O) groups is 1. The summed E-state index contributed by atoms with van der Waals surface area (Å²) in [5.41, 5.74) is 14.9. The molecule has 0 aromatic heterocycles. The van der Waals surface area contributed by atoms with Gasteiger partial charge in [0.05, 0.1) is 27.6 Å². The average molecular weight is 575 g/mol. The second-order valence-electron chi connectivity index (χ2n) is 10.1. The van der Waals surface area contributed by atoms with Gasteiger partial charge in [-0.3, -0.25) is 9.69 Å². The van der Waals surface area contributed by atoms with Gasteiger partial charge in [0.2, 0.25) is 0 Å². The highest BCUT2D eigenvalue weighted by atomic mass is 35.5. The van der Waals surface area contributed by atoms with E-state index in [1.54, 1.807) is 23.9 Å². The van der Waals surface area contributed by atoms with E-state index in [1.165, 1.54) is 16.0 Å². The van der Waals surface area contributed by atoms with Crippen molar-refractivity contribution in [2.45, 2.75) is 56.6 Å². The summed E-state index contributed by atoms with van der Waals surface area (Å²) in [4.78, 5) is 16.7. The van der Waals surface area contributed by atoms with Crippen molar-refractivity contribution in [1.29, 1.82) is 5.26 Å². The standard InChI is InChI=1S/C32H29Cl2N3OS/c1-18-13-21(17-39-29-10-5-4-7-19(29)2)20(3)23(14-18)30-24(16-35)32(36)37(22-11-12-25(33)26(34)15-22)27-8-6-9-28(38)31(27)30/h4-5,7,10-15,30H,6,8-9,17,36H2,1-3H3. The van der Waals surface area contributed by atoms with Crippen LogP contribution in [0.5, 0.6) is 0 Å². The number of aryl methyl sites for hydroxylation is 2. The molecular weight excluding hydrogens is 545 g/mol. The normalized spacial score (nSPS) is 17.4. The summed E-state index contributed by atoms with van der Waals surface area (Å²) in [5, 5.41) is 11.3. The summed E-state index contributed by atoms with van der Waals surface area (Å²) in [6, 6.07) is 20.3. The number of Topliss-reactive ketones (excluding diaryl/α,β-unsaturated/α-hetero) is 1. The molecule has 0 fully saturated rings. The Morgan fingerprint density at radius 3 is 2.54 bits per heavy atom. The molecule has 1 unspecified atom stereocenters. The number of carbonyl (C=O) groups excluding carboxylic acids is 1. The van der Waals surface area contributed by atoms with Crippen molar-refractivity contribution in [3.05, 3.63) is 115 Å². The highest BCUT2D eigenvalue weighted by Crippen LogP contribution is 2.48. The molecule has 5 rings (SSSR count). The van der Waals surface area contributed by atoms with E-state index < -0.39 is 5.92 Å². The third-order valence-corrected chi connectivity index (χ3v) is 9.53. The van der Waals surface area contributed by atoms with Crippen LogP contribution < -0.4 is 10.6 Å². The zero-order valence-electron chi connectivity index (χ0n) is 22.1. The number of hydrogen-bond acceptors (Lipinski definition) is 5. The fraction of sp³-hybridized carbons (Fsp3) is 0.250. The third kappa shape index (κ3) is 5.10. The first-order chi connectivity index (χ1) is 18.7. The van der Waals surface area contributed by atoms with Gasteiger partial charge in [0.15, 0.2) is 5.78 Å². The van der Waals surface area contributed by atoms with Crippen LogP contribution in [0, 0.1) is 32.1 Å². The molecule has 2 aliphatic rings. The van der Waals surface area contributed by atoms with E-state index in [2.05, 4.69) is 57.2 Å². The minimum Gasteiger partial charge on any atom is -0.384 e. The average Bonchev–Trinajstić information content (AvgIpc) is 2.91. The van der Waals surface area contributed by atoms with Gasteiger partial charge >= 0.3 is 0 Å². The second kappa shape index (κ2) is 11.1. The molecule has 0 saturated heterocycles. The Bertz CT molecular complexity index is 1600. The number of nitriles is 1. The van der Waals surface area contributed by atoms with Crippen molar-refractivity contribution >= 4 is 46.4 Å². The molecule has 1 atom stereocenters. The zero-order chi connectivity index (χ0) is 27.8. The molecule has 39 heavy (non-hydrogen) atoms. The Labute approximate surface area is 244 Å². The molecule has 4 nitrogen and oxygen atoms in total. The van der Waals surface area contributed by atoms with E-state index in [1.807, 2.05) is 17.0 Å². The summed E-state index contributed by atoms with van der Waals surface area (Å²) >= 11 is 14.3. The molecule has 0 amide bonds. The molecule has 7 heteroatoms. The van der Waals surface area contributed by atoms with Gasteiger partial charge in [0.25, 0.3) is 0 Å². The fourth-order valence-corrected chi connectivity index (χ4v) is 6.98. The molecule has 3 aromatic carbocycles. The number of nitrogens with two attached hydrogens (primary N) is 1. The molecule has 0 radical (unpaired) electrons. The molecule has 0 bridgehead atoms. The van der Waals surface area contributed by atoms with Gasteiger partial charge in [-0.15, -0.1) is 11.8 Å². The monoisotopic (exact) mass is 573 g/mol. The van der Waals surface area contributed by atoms with Crippen LogP contribution in [0.1, 0.15) is 53.0 Å². The van der Waals surface area contributed by atoms with E-state index in [0.717, 1.165) is 34.6 Å². The fourth-order valence-electron chi connectivity index (χ4n) is 5.60. The van der Waals surface area contributed by atoms with E-state index in [0.29, 0.717) is 45.5 Å². The Morgan fingerprint density at radius 1 is 1.05 bits per heavy atom. The van der Waals surface area contributed by atoms with Crippen LogP contribution in [0.15, 0.2) is 82.2 Å². The number of thioether (sulfide) groups is 1. The lowest BCUT2D eigenvalue weighted by Gasteiger charge is -2.40. The number of hydrogen-bond donors (Lipinski definition) is 1. The van der Waals surface area contributed by atoms with E-state index >= 15 is 0 Å².